The fourth-order valence-electron chi connectivity index (χ4n) is 1.47. The summed E-state index contributed by atoms with van der Waals surface area (Å²) in [5, 5.41) is 21.8. The van der Waals surface area contributed by atoms with E-state index >= 15 is 0 Å². The fraction of sp³-hybridized carbons (Fsp3) is 0.333. The van der Waals surface area contributed by atoms with Crippen molar-refractivity contribution >= 4 is 35.0 Å². The zero-order valence-corrected chi connectivity index (χ0v) is 11.8. The molecular formula is C12H14N2O5S. The Labute approximate surface area is 119 Å². The Hall–Kier alpha value is -2.09. The third-order valence-corrected chi connectivity index (χ3v) is 3.46. The van der Waals surface area contributed by atoms with Crippen molar-refractivity contribution in [3.8, 4) is 0 Å². The van der Waals surface area contributed by atoms with Crippen molar-refractivity contribution < 1.29 is 19.6 Å². The zero-order valence-electron chi connectivity index (χ0n) is 11.0. The van der Waals surface area contributed by atoms with Gasteiger partial charge in [0.1, 0.15) is 5.69 Å². The molecular weight excluding hydrogens is 284 g/mol. The lowest BCUT2D eigenvalue weighted by Crippen LogP contribution is -2.16. The maximum atomic E-state index is 11.6. The van der Waals surface area contributed by atoms with E-state index in [1.807, 2.05) is 0 Å². The lowest BCUT2D eigenvalue weighted by molar-refractivity contribution is -0.384. The summed E-state index contributed by atoms with van der Waals surface area (Å²) >= 11 is 0.929. The molecule has 0 saturated carbocycles. The van der Waals surface area contributed by atoms with Crippen LogP contribution in [0.4, 0.5) is 11.4 Å². The Bertz CT molecular complexity index is 559. The van der Waals surface area contributed by atoms with Gasteiger partial charge in [-0.1, -0.05) is 0 Å². The van der Waals surface area contributed by atoms with Crippen molar-refractivity contribution in [3.05, 3.63) is 33.4 Å². The van der Waals surface area contributed by atoms with Gasteiger partial charge in [0, 0.05) is 6.07 Å². The summed E-state index contributed by atoms with van der Waals surface area (Å²) in [6.45, 7) is 3.53. The minimum absolute atomic E-state index is 0.0730. The van der Waals surface area contributed by atoms with Crippen LogP contribution in [0, 0.1) is 24.0 Å². The van der Waals surface area contributed by atoms with Crippen LogP contribution in [0.5, 0.6) is 0 Å². The molecule has 2 N–H and O–H groups in total. The van der Waals surface area contributed by atoms with E-state index in [9.17, 15) is 19.7 Å². The average Bonchev–Trinajstić information content (AvgIpc) is 2.32. The molecule has 0 unspecified atom stereocenters. The van der Waals surface area contributed by atoms with Crippen molar-refractivity contribution in [2.75, 3.05) is 16.8 Å². The van der Waals surface area contributed by atoms with Crippen LogP contribution in [-0.2, 0) is 9.59 Å². The second kappa shape index (κ2) is 6.90. The van der Waals surface area contributed by atoms with Crippen LogP contribution >= 0.6 is 11.8 Å². The number of aryl methyl sites for hydroxylation is 2. The molecule has 0 bridgehead atoms. The Morgan fingerprint density at radius 1 is 1.30 bits per heavy atom. The van der Waals surface area contributed by atoms with Crippen LogP contribution in [0.15, 0.2) is 12.1 Å². The first-order valence-electron chi connectivity index (χ1n) is 5.66. The summed E-state index contributed by atoms with van der Waals surface area (Å²) in [5.41, 5.74) is 1.53. The van der Waals surface area contributed by atoms with Gasteiger partial charge in [-0.05, 0) is 31.0 Å². The molecule has 0 aromatic heterocycles. The standard InChI is InChI=1S/C12H14N2O5S/c1-7-3-9(10(14(18)19)4-8(7)2)13-11(15)5-20-6-12(16)17/h3-4H,5-6H2,1-2H3,(H,13,15)(H,16,17). The summed E-state index contributed by atoms with van der Waals surface area (Å²) < 4.78 is 0. The summed E-state index contributed by atoms with van der Waals surface area (Å²) in [6.07, 6.45) is 0. The number of benzene rings is 1. The molecule has 1 aromatic rings. The SMILES string of the molecule is Cc1cc(NC(=O)CSCC(=O)O)c([N+](=O)[O-])cc1C. The van der Waals surface area contributed by atoms with E-state index in [1.54, 1.807) is 13.8 Å². The lowest BCUT2D eigenvalue weighted by atomic mass is 10.1. The van der Waals surface area contributed by atoms with Gasteiger partial charge < -0.3 is 10.4 Å². The number of carboxylic acids is 1. The molecule has 0 radical (unpaired) electrons. The molecule has 1 rings (SSSR count). The molecule has 0 spiro atoms. The minimum Gasteiger partial charge on any atom is -0.481 e. The first kappa shape index (κ1) is 16.0. The number of aliphatic carboxylic acids is 1. The summed E-state index contributed by atoms with van der Waals surface area (Å²) in [7, 11) is 0. The molecule has 0 atom stereocenters. The van der Waals surface area contributed by atoms with E-state index in [4.69, 9.17) is 5.11 Å². The molecule has 1 aromatic carbocycles. The van der Waals surface area contributed by atoms with Crippen LogP contribution in [-0.4, -0.2) is 33.4 Å². The highest BCUT2D eigenvalue weighted by molar-refractivity contribution is 8.00. The second-order valence-corrected chi connectivity index (χ2v) is 5.13. The fourth-order valence-corrected chi connectivity index (χ4v) is 2.00. The Kier molecular flexibility index (Phi) is 5.51. The molecule has 0 aliphatic carbocycles. The predicted octanol–water partition coefficient (Wildman–Crippen LogP) is 1.97. The van der Waals surface area contributed by atoms with Gasteiger partial charge in [0.15, 0.2) is 0 Å². The van der Waals surface area contributed by atoms with Gasteiger partial charge in [-0.15, -0.1) is 11.8 Å². The quantitative estimate of drug-likeness (QED) is 0.613. The van der Waals surface area contributed by atoms with E-state index in [0.717, 1.165) is 22.9 Å². The maximum Gasteiger partial charge on any atom is 0.313 e. The zero-order chi connectivity index (χ0) is 15.3. The number of amides is 1. The van der Waals surface area contributed by atoms with Gasteiger partial charge in [-0.25, -0.2) is 0 Å². The number of carboxylic acid groups (broad SMARTS) is 1. The third-order valence-electron chi connectivity index (χ3n) is 2.54. The number of rotatable bonds is 6. The number of carbonyl (C=O) groups is 2. The van der Waals surface area contributed by atoms with Gasteiger partial charge >= 0.3 is 5.97 Å². The first-order valence-corrected chi connectivity index (χ1v) is 6.81. The van der Waals surface area contributed by atoms with E-state index in [0.29, 0.717) is 0 Å². The number of carbonyl (C=O) groups excluding carboxylic acids is 1. The molecule has 108 valence electrons. The first-order chi connectivity index (χ1) is 9.31. The molecule has 8 heteroatoms. The van der Waals surface area contributed by atoms with Crippen molar-refractivity contribution in [1.82, 2.24) is 0 Å². The summed E-state index contributed by atoms with van der Waals surface area (Å²) in [5.74, 6) is -1.75. The van der Waals surface area contributed by atoms with E-state index < -0.39 is 16.8 Å². The van der Waals surface area contributed by atoms with Crippen LogP contribution in [0.1, 0.15) is 11.1 Å². The van der Waals surface area contributed by atoms with Gasteiger partial charge in [0.05, 0.1) is 16.4 Å². The second-order valence-electron chi connectivity index (χ2n) is 4.15. The minimum atomic E-state index is -1.01. The van der Waals surface area contributed by atoms with Crippen LogP contribution in [0.25, 0.3) is 0 Å². The highest BCUT2D eigenvalue weighted by Crippen LogP contribution is 2.28. The number of hydrogen-bond acceptors (Lipinski definition) is 5. The van der Waals surface area contributed by atoms with Gasteiger partial charge in [0.25, 0.3) is 5.69 Å². The topological polar surface area (TPSA) is 110 Å². The molecule has 20 heavy (non-hydrogen) atoms. The van der Waals surface area contributed by atoms with E-state index in [1.165, 1.54) is 12.1 Å². The maximum absolute atomic E-state index is 11.6. The lowest BCUT2D eigenvalue weighted by Gasteiger charge is -2.08. The number of hydrogen-bond donors (Lipinski definition) is 2. The van der Waals surface area contributed by atoms with Gasteiger partial charge in [0.2, 0.25) is 5.91 Å². The smallest absolute Gasteiger partial charge is 0.313 e. The molecule has 0 aliphatic heterocycles. The van der Waals surface area contributed by atoms with Crippen molar-refractivity contribution in [2.45, 2.75) is 13.8 Å². The van der Waals surface area contributed by atoms with Crippen LogP contribution < -0.4 is 5.32 Å². The van der Waals surface area contributed by atoms with Crippen molar-refractivity contribution in [3.63, 3.8) is 0 Å². The normalized spacial score (nSPS) is 10.1. The van der Waals surface area contributed by atoms with Crippen LogP contribution in [0.2, 0.25) is 0 Å². The predicted molar refractivity (Wildman–Crippen MR) is 76.2 cm³/mol. The van der Waals surface area contributed by atoms with Gasteiger partial charge in [-0.3, -0.25) is 19.7 Å². The number of anilines is 1. The van der Waals surface area contributed by atoms with Crippen molar-refractivity contribution in [1.29, 1.82) is 0 Å². The number of thioether (sulfide) groups is 1. The number of nitrogens with one attached hydrogen (secondary N) is 1. The highest BCUT2D eigenvalue weighted by Gasteiger charge is 2.17. The molecule has 1 amide bonds. The average molecular weight is 298 g/mol. The van der Waals surface area contributed by atoms with Gasteiger partial charge in [-0.2, -0.15) is 0 Å². The largest absolute Gasteiger partial charge is 0.481 e. The number of nitro benzene ring substituents is 1. The number of nitrogens with zero attached hydrogens (tertiary/aromatic N) is 1. The Morgan fingerprint density at radius 2 is 1.90 bits per heavy atom. The highest BCUT2D eigenvalue weighted by atomic mass is 32.2. The Morgan fingerprint density at radius 3 is 2.45 bits per heavy atom. The number of nitro groups is 1. The molecule has 0 aliphatic rings. The van der Waals surface area contributed by atoms with E-state index in [2.05, 4.69) is 5.32 Å². The molecule has 0 saturated heterocycles. The van der Waals surface area contributed by atoms with E-state index in [-0.39, 0.29) is 22.9 Å². The molecule has 7 nitrogen and oxygen atoms in total. The molecule has 0 fully saturated rings. The summed E-state index contributed by atoms with van der Waals surface area (Å²) in [6, 6.07) is 2.93. The van der Waals surface area contributed by atoms with Crippen LogP contribution in [0.3, 0.4) is 0 Å². The third kappa shape index (κ3) is 4.54. The molecule has 0 heterocycles. The Balaban J connectivity index is 2.80. The van der Waals surface area contributed by atoms with Crippen molar-refractivity contribution in [2.24, 2.45) is 0 Å². The monoisotopic (exact) mass is 298 g/mol. The summed E-state index contributed by atoms with van der Waals surface area (Å²) in [4.78, 5) is 32.3.